The van der Waals surface area contributed by atoms with Gasteiger partial charge in [-0.05, 0) is 60.6 Å². The van der Waals surface area contributed by atoms with Gasteiger partial charge in [0.05, 0.1) is 20.5 Å². The van der Waals surface area contributed by atoms with E-state index in [0.29, 0.717) is 47.8 Å². The minimum Gasteiger partial charge on any atom is -0.477 e. The lowest BCUT2D eigenvalue weighted by Gasteiger charge is -2.14. The Morgan fingerprint density at radius 2 is 1.55 bits per heavy atom. The molecule has 1 aromatic heterocycles. The fourth-order valence-electron chi connectivity index (χ4n) is 3.24. The van der Waals surface area contributed by atoms with Crippen LogP contribution in [-0.4, -0.2) is 23.0 Å². The van der Waals surface area contributed by atoms with Crippen molar-refractivity contribution in [1.29, 1.82) is 0 Å². The van der Waals surface area contributed by atoms with Gasteiger partial charge in [-0.3, -0.25) is 4.79 Å². The van der Waals surface area contributed by atoms with Gasteiger partial charge in [-0.2, -0.15) is 13.2 Å². The van der Waals surface area contributed by atoms with Crippen LogP contribution in [0.4, 0.5) is 17.6 Å². The van der Waals surface area contributed by atoms with E-state index >= 15 is 0 Å². The van der Waals surface area contributed by atoms with E-state index in [2.05, 4.69) is 0 Å². The third-order valence-electron chi connectivity index (χ3n) is 4.51. The average Bonchev–Trinajstić information content (AvgIpc) is 3.03. The van der Waals surface area contributed by atoms with Crippen LogP contribution in [0.25, 0.3) is 5.57 Å². The van der Waals surface area contributed by atoms with Gasteiger partial charge in [0.15, 0.2) is 11.6 Å². The number of aromatic carboxylic acids is 1. The number of ketones is 1. The number of fused-ring (bicyclic) bond motifs is 1. The van der Waals surface area contributed by atoms with Gasteiger partial charge in [0, 0.05) is 0 Å². The summed E-state index contributed by atoms with van der Waals surface area (Å²) in [4.78, 5) is 24.1. The number of benzene rings is 1. The number of alkyl halides is 3. The molecule has 0 amide bonds. The Kier molecular flexibility index (Phi) is 6.08. The highest BCUT2D eigenvalue weighted by atomic mass is 35.5. The summed E-state index contributed by atoms with van der Waals surface area (Å²) < 4.78 is 54.5. The van der Waals surface area contributed by atoms with Crippen molar-refractivity contribution in [2.45, 2.75) is 31.9 Å². The molecule has 0 radical (unpaired) electrons. The van der Waals surface area contributed by atoms with Crippen LogP contribution in [0.1, 0.15) is 48.9 Å². The molecule has 0 bridgehead atoms. The number of thiophene rings is 1. The summed E-state index contributed by atoms with van der Waals surface area (Å²) >= 11 is 11.9. The molecular formula is C19H12Cl2F4O3S. The maximum absolute atomic E-state index is 13.6. The first-order valence-electron chi connectivity index (χ1n) is 8.36. The van der Waals surface area contributed by atoms with Crippen LogP contribution in [0.3, 0.4) is 0 Å². The van der Waals surface area contributed by atoms with Gasteiger partial charge in [-0.1, -0.05) is 23.2 Å². The first-order valence-corrected chi connectivity index (χ1v) is 9.94. The maximum Gasteiger partial charge on any atom is 0.417 e. The molecule has 0 saturated heterocycles. The van der Waals surface area contributed by atoms with Gasteiger partial charge < -0.3 is 5.11 Å². The molecule has 1 aliphatic carbocycles. The second-order valence-electron chi connectivity index (χ2n) is 6.40. The molecule has 1 N–H and O–H groups in total. The van der Waals surface area contributed by atoms with Crippen LogP contribution >= 0.6 is 34.5 Å². The molecule has 0 atom stereocenters. The van der Waals surface area contributed by atoms with E-state index in [0.717, 1.165) is 18.6 Å². The van der Waals surface area contributed by atoms with E-state index in [4.69, 9.17) is 23.2 Å². The van der Waals surface area contributed by atoms with E-state index in [9.17, 15) is 32.3 Å². The number of allylic oxidation sites excluding steroid dienone is 2. The van der Waals surface area contributed by atoms with Crippen LogP contribution in [-0.2, 0) is 12.8 Å². The standard InChI is InChI=1S/C19H12Cl2F4O3S/c20-12-5-8(6-13(21)15(12)22)11(19(23,24)25)7-14(26)16-9-3-1-2-4-10(9)17(29-16)18(27)28/h5-7H,1-4H2,(H,27,28). The second-order valence-corrected chi connectivity index (χ2v) is 8.24. The highest BCUT2D eigenvalue weighted by molar-refractivity contribution is 7.16. The number of halogens is 6. The monoisotopic (exact) mass is 466 g/mol. The molecule has 2 aromatic rings. The molecule has 1 aliphatic rings. The van der Waals surface area contributed by atoms with Gasteiger partial charge in [0.1, 0.15) is 4.88 Å². The van der Waals surface area contributed by atoms with Crippen molar-refractivity contribution in [1.82, 2.24) is 0 Å². The lowest BCUT2D eigenvalue weighted by Crippen LogP contribution is -2.13. The van der Waals surface area contributed by atoms with Crippen LogP contribution in [0.15, 0.2) is 18.2 Å². The van der Waals surface area contributed by atoms with E-state index in [1.807, 2.05) is 0 Å². The normalized spacial score (nSPS) is 14.6. The van der Waals surface area contributed by atoms with Gasteiger partial charge in [-0.15, -0.1) is 11.3 Å². The Balaban J connectivity index is 2.13. The van der Waals surface area contributed by atoms with Crippen molar-refractivity contribution in [3.8, 4) is 0 Å². The van der Waals surface area contributed by atoms with Gasteiger partial charge >= 0.3 is 12.1 Å². The molecule has 29 heavy (non-hydrogen) atoms. The Bertz CT molecular complexity index is 1020. The third-order valence-corrected chi connectivity index (χ3v) is 6.34. The summed E-state index contributed by atoms with van der Waals surface area (Å²) in [7, 11) is 0. The van der Waals surface area contributed by atoms with Crippen LogP contribution in [0.2, 0.25) is 10.0 Å². The molecule has 1 aromatic carbocycles. The Labute approximate surface area is 176 Å². The molecule has 3 nitrogen and oxygen atoms in total. The third kappa shape index (κ3) is 4.34. The lowest BCUT2D eigenvalue weighted by molar-refractivity contribution is -0.0689. The molecular weight excluding hydrogens is 455 g/mol. The molecule has 1 heterocycles. The molecule has 10 heteroatoms. The maximum atomic E-state index is 13.6. The predicted octanol–water partition coefficient (Wildman–Crippen LogP) is 6.60. The Morgan fingerprint density at radius 1 is 1.03 bits per heavy atom. The molecule has 0 aliphatic heterocycles. The zero-order chi connectivity index (χ0) is 21.5. The topological polar surface area (TPSA) is 54.4 Å². The van der Waals surface area contributed by atoms with Crippen molar-refractivity contribution in [2.24, 2.45) is 0 Å². The van der Waals surface area contributed by atoms with E-state index < -0.39 is 44.9 Å². The first-order chi connectivity index (χ1) is 13.5. The number of carboxylic acids is 1. The number of hydrogen-bond acceptors (Lipinski definition) is 3. The van der Waals surface area contributed by atoms with E-state index in [1.165, 1.54) is 0 Å². The van der Waals surface area contributed by atoms with Crippen molar-refractivity contribution in [3.05, 3.63) is 60.5 Å². The smallest absolute Gasteiger partial charge is 0.417 e. The van der Waals surface area contributed by atoms with Crippen molar-refractivity contribution >= 4 is 51.9 Å². The minimum atomic E-state index is -4.95. The largest absolute Gasteiger partial charge is 0.477 e. The summed E-state index contributed by atoms with van der Waals surface area (Å²) in [6.45, 7) is 0. The Morgan fingerprint density at radius 3 is 2.03 bits per heavy atom. The highest BCUT2D eigenvalue weighted by Gasteiger charge is 2.37. The molecule has 0 unspecified atom stereocenters. The second kappa shape index (κ2) is 8.08. The average molecular weight is 467 g/mol. The molecule has 0 spiro atoms. The highest BCUT2D eigenvalue weighted by Crippen LogP contribution is 2.39. The van der Waals surface area contributed by atoms with Gasteiger partial charge in [-0.25, -0.2) is 9.18 Å². The SMILES string of the molecule is O=C(O)c1sc(C(=O)C=C(c2cc(Cl)c(F)c(Cl)c2)C(F)(F)F)c2c1CCCC2. The summed E-state index contributed by atoms with van der Waals surface area (Å²) in [5.41, 5.74) is -0.921. The fraction of sp³-hybridized carbons (Fsp3) is 0.263. The van der Waals surface area contributed by atoms with E-state index in [1.54, 1.807) is 0 Å². The summed E-state index contributed by atoms with van der Waals surface area (Å²) in [6, 6.07) is 1.48. The Hall–Kier alpha value is -1.90. The molecule has 154 valence electrons. The number of rotatable bonds is 4. The predicted molar refractivity (Wildman–Crippen MR) is 103 cm³/mol. The fourth-order valence-corrected chi connectivity index (χ4v) is 4.87. The van der Waals surface area contributed by atoms with Crippen molar-refractivity contribution in [3.63, 3.8) is 0 Å². The van der Waals surface area contributed by atoms with E-state index in [-0.39, 0.29) is 9.75 Å². The summed E-state index contributed by atoms with van der Waals surface area (Å²) in [5, 5.41) is 8.12. The number of carbonyl (C=O) groups excluding carboxylic acids is 1. The van der Waals surface area contributed by atoms with Crippen LogP contribution in [0.5, 0.6) is 0 Å². The number of carbonyl (C=O) groups is 2. The van der Waals surface area contributed by atoms with Crippen molar-refractivity contribution < 1.29 is 32.3 Å². The number of hydrogen-bond donors (Lipinski definition) is 1. The first kappa shape index (κ1) is 21.8. The molecule has 0 fully saturated rings. The quantitative estimate of drug-likeness (QED) is 0.239. The van der Waals surface area contributed by atoms with Gasteiger partial charge in [0.25, 0.3) is 0 Å². The van der Waals surface area contributed by atoms with Crippen LogP contribution < -0.4 is 0 Å². The van der Waals surface area contributed by atoms with Crippen molar-refractivity contribution in [2.75, 3.05) is 0 Å². The lowest BCUT2D eigenvalue weighted by atomic mass is 9.91. The summed E-state index contributed by atoms with van der Waals surface area (Å²) in [6.07, 6.45) is -2.24. The summed E-state index contributed by atoms with van der Waals surface area (Å²) in [5.74, 6) is -3.25. The molecule has 0 saturated carbocycles. The zero-order valence-corrected chi connectivity index (χ0v) is 16.8. The van der Waals surface area contributed by atoms with Crippen LogP contribution in [0, 0.1) is 5.82 Å². The molecule has 3 rings (SSSR count). The zero-order valence-electron chi connectivity index (χ0n) is 14.5. The minimum absolute atomic E-state index is 0.0295. The number of carboxylic acid groups (broad SMARTS) is 1. The van der Waals surface area contributed by atoms with Gasteiger partial charge in [0.2, 0.25) is 0 Å².